The standard InChI is InChI=1S/C16H24N2O2/c1-11(2)20-9-8-18-12(3)10-14(16(17)19)13-6-4-5-7-15(13)18/h4-7,11-12,14H,8-10H2,1-3H3,(H2,17,19)/t12-,14-/m1/s1. The van der Waals surface area contributed by atoms with Crippen LogP contribution >= 0.6 is 0 Å². The topological polar surface area (TPSA) is 55.6 Å². The molecule has 1 aromatic rings. The molecule has 20 heavy (non-hydrogen) atoms. The number of benzene rings is 1. The van der Waals surface area contributed by atoms with Gasteiger partial charge in [0.1, 0.15) is 0 Å². The number of primary amides is 1. The van der Waals surface area contributed by atoms with Crippen molar-refractivity contribution in [1.82, 2.24) is 0 Å². The fraction of sp³-hybridized carbons (Fsp3) is 0.562. The van der Waals surface area contributed by atoms with E-state index < -0.39 is 0 Å². The Bertz CT molecular complexity index is 473. The molecular weight excluding hydrogens is 252 g/mol. The van der Waals surface area contributed by atoms with E-state index in [9.17, 15) is 4.79 Å². The average Bonchev–Trinajstić information content (AvgIpc) is 2.40. The third-order valence-corrected chi connectivity index (χ3v) is 3.86. The minimum atomic E-state index is -0.234. The van der Waals surface area contributed by atoms with Gasteiger partial charge in [0.25, 0.3) is 0 Å². The molecule has 0 saturated carbocycles. The first-order valence-corrected chi connectivity index (χ1v) is 7.27. The maximum absolute atomic E-state index is 11.7. The summed E-state index contributed by atoms with van der Waals surface area (Å²) >= 11 is 0. The van der Waals surface area contributed by atoms with Crippen molar-refractivity contribution >= 4 is 11.6 Å². The zero-order valence-corrected chi connectivity index (χ0v) is 12.5. The zero-order valence-electron chi connectivity index (χ0n) is 12.5. The summed E-state index contributed by atoms with van der Waals surface area (Å²) in [4.78, 5) is 14.0. The summed E-state index contributed by atoms with van der Waals surface area (Å²) in [7, 11) is 0. The van der Waals surface area contributed by atoms with Crippen LogP contribution in [0.1, 0.15) is 38.7 Å². The highest BCUT2D eigenvalue weighted by atomic mass is 16.5. The molecule has 4 heteroatoms. The van der Waals surface area contributed by atoms with Crippen molar-refractivity contribution in [3.8, 4) is 0 Å². The number of amides is 1. The highest BCUT2D eigenvalue weighted by Crippen LogP contribution is 2.37. The number of fused-ring (bicyclic) bond motifs is 1. The number of nitrogens with zero attached hydrogens (tertiary/aromatic N) is 1. The Kier molecular flexibility index (Phi) is 4.65. The molecule has 0 spiro atoms. The maximum Gasteiger partial charge on any atom is 0.225 e. The van der Waals surface area contributed by atoms with Crippen molar-refractivity contribution in [2.24, 2.45) is 5.73 Å². The Labute approximate surface area is 120 Å². The average molecular weight is 276 g/mol. The quantitative estimate of drug-likeness (QED) is 0.897. The molecule has 2 N–H and O–H groups in total. The smallest absolute Gasteiger partial charge is 0.225 e. The van der Waals surface area contributed by atoms with Crippen molar-refractivity contribution in [2.45, 2.75) is 45.3 Å². The predicted octanol–water partition coefficient (Wildman–Crippen LogP) is 2.28. The molecule has 2 atom stereocenters. The number of carbonyl (C=O) groups is 1. The first kappa shape index (κ1) is 14.9. The molecule has 2 rings (SSSR count). The van der Waals surface area contributed by atoms with Gasteiger partial charge in [0.05, 0.1) is 18.6 Å². The Morgan fingerprint density at radius 3 is 2.80 bits per heavy atom. The molecule has 0 unspecified atom stereocenters. The maximum atomic E-state index is 11.7. The van der Waals surface area contributed by atoms with Crippen molar-refractivity contribution in [1.29, 1.82) is 0 Å². The number of hydrogen-bond acceptors (Lipinski definition) is 3. The first-order chi connectivity index (χ1) is 9.50. The molecule has 0 saturated heterocycles. The minimum absolute atomic E-state index is 0.177. The SMILES string of the molecule is CC(C)OCCN1c2ccccc2[C@H](C(N)=O)C[C@H]1C. The second kappa shape index (κ2) is 6.27. The summed E-state index contributed by atoms with van der Waals surface area (Å²) in [5.74, 6) is -0.411. The molecule has 1 aromatic carbocycles. The predicted molar refractivity (Wildman–Crippen MR) is 80.9 cm³/mol. The van der Waals surface area contributed by atoms with Gasteiger partial charge in [0.2, 0.25) is 5.91 Å². The number of rotatable bonds is 5. The van der Waals surface area contributed by atoms with Crippen molar-refractivity contribution in [3.63, 3.8) is 0 Å². The van der Waals surface area contributed by atoms with E-state index in [0.29, 0.717) is 6.61 Å². The third-order valence-electron chi connectivity index (χ3n) is 3.86. The van der Waals surface area contributed by atoms with Crippen LogP contribution in [0.2, 0.25) is 0 Å². The van der Waals surface area contributed by atoms with Gasteiger partial charge < -0.3 is 15.4 Å². The van der Waals surface area contributed by atoms with E-state index in [4.69, 9.17) is 10.5 Å². The number of ether oxygens (including phenoxy) is 1. The lowest BCUT2D eigenvalue weighted by Gasteiger charge is -2.40. The first-order valence-electron chi connectivity index (χ1n) is 7.27. The van der Waals surface area contributed by atoms with E-state index >= 15 is 0 Å². The van der Waals surface area contributed by atoms with Crippen molar-refractivity contribution in [2.75, 3.05) is 18.1 Å². The molecule has 0 bridgehead atoms. The Hall–Kier alpha value is -1.55. The number of carbonyl (C=O) groups excluding carboxylic acids is 1. The van der Waals surface area contributed by atoms with E-state index in [1.807, 2.05) is 32.0 Å². The van der Waals surface area contributed by atoms with E-state index in [1.165, 1.54) is 0 Å². The Morgan fingerprint density at radius 2 is 2.15 bits per heavy atom. The largest absolute Gasteiger partial charge is 0.377 e. The highest BCUT2D eigenvalue weighted by molar-refractivity contribution is 5.85. The molecule has 0 aromatic heterocycles. The van der Waals surface area contributed by atoms with E-state index in [0.717, 1.165) is 24.2 Å². The molecule has 1 heterocycles. The lowest BCUT2D eigenvalue weighted by molar-refractivity contribution is -0.119. The zero-order chi connectivity index (χ0) is 14.7. The van der Waals surface area contributed by atoms with Crippen LogP contribution in [0.5, 0.6) is 0 Å². The summed E-state index contributed by atoms with van der Waals surface area (Å²) in [6, 6.07) is 8.33. The summed E-state index contributed by atoms with van der Waals surface area (Å²) < 4.78 is 5.65. The number of anilines is 1. The molecule has 0 fully saturated rings. The van der Waals surface area contributed by atoms with Gasteiger partial charge in [-0.15, -0.1) is 0 Å². The molecule has 0 aliphatic carbocycles. The van der Waals surface area contributed by atoms with Crippen LogP contribution in [-0.4, -0.2) is 31.2 Å². The van der Waals surface area contributed by atoms with Gasteiger partial charge in [-0.25, -0.2) is 0 Å². The fourth-order valence-electron chi connectivity index (χ4n) is 2.87. The van der Waals surface area contributed by atoms with Gasteiger partial charge in [0.15, 0.2) is 0 Å². The van der Waals surface area contributed by atoms with Crippen LogP contribution in [0, 0.1) is 0 Å². The number of para-hydroxylation sites is 1. The summed E-state index contributed by atoms with van der Waals surface area (Å²) in [6.07, 6.45) is 1.01. The van der Waals surface area contributed by atoms with Crippen molar-refractivity contribution < 1.29 is 9.53 Å². The van der Waals surface area contributed by atoms with Gasteiger partial charge in [-0.3, -0.25) is 4.79 Å². The third kappa shape index (κ3) is 3.12. The Balaban J connectivity index is 2.20. The highest BCUT2D eigenvalue weighted by Gasteiger charge is 2.32. The second-order valence-electron chi connectivity index (χ2n) is 5.71. The minimum Gasteiger partial charge on any atom is -0.377 e. The van der Waals surface area contributed by atoms with Crippen molar-refractivity contribution in [3.05, 3.63) is 29.8 Å². The molecule has 4 nitrogen and oxygen atoms in total. The van der Waals surface area contributed by atoms with Crippen LogP contribution < -0.4 is 10.6 Å². The molecule has 1 aliphatic rings. The number of nitrogens with two attached hydrogens (primary N) is 1. The van der Waals surface area contributed by atoms with Gasteiger partial charge in [0, 0.05) is 18.3 Å². The Morgan fingerprint density at radius 1 is 1.45 bits per heavy atom. The molecule has 1 amide bonds. The van der Waals surface area contributed by atoms with E-state index in [2.05, 4.69) is 17.9 Å². The molecular formula is C16H24N2O2. The van der Waals surface area contributed by atoms with Crippen LogP contribution in [0.15, 0.2) is 24.3 Å². The van der Waals surface area contributed by atoms with Crippen LogP contribution in [0.4, 0.5) is 5.69 Å². The van der Waals surface area contributed by atoms with Gasteiger partial charge >= 0.3 is 0 Å². The van der Waals surface area contributed by atoms with Gasteiger partial charge in [-0.05, 0) is 38.8 Å². The summed E-state index contributed by atoms with van der Waals surface area (Å²) in [6.45, 7) is 7.74. The van der Waals surface area contributed by atoms with Crippen LogP contribution in [0.3, 0.4) is 0 Å². The normalized spacial score (nSPS) is 21.9. The molecule has 0 radical (unpaired) electrons. The lowest BCUT2D eigenvalue weighted by Crippen LogP contribution is -2.43. The molecule has 1 aliphatic heterocycles. The van der Waals surface area contributed by atoms with Gasteiger partial charge in [-0.1, -0.05) is 18.2 Å². The van der Waals surface area contributed by atoms with Crippen LogP contribution in [0.25, 0.3) is 0 Å². The summed E-state index contributed by atoms with van der Waals surface area (Å²) in [5, 5.41) is 0. The van der Waals surface area contributed by atoms with Crippen LogP contribution in [-0.2, 0) is 9.53 Å². The van der Waals surface area contributed by atoms with E-state index in [-0.39, 0.29) is 24.0 Å². The number of hydrogen-bond donors (Lipinski definition) is 1. The molecule has 110 valence electrons. The lowest BCUT2D eigenvalue weighted by atomic mass is 9.85. The fourth-order valence-corrected chi connectivity index (χ4v) is 2.87. The monoisotopic (exact) mass is 276 g/mol. The summed E-state index contributed by atoms with van der Waals surface area (Å²) in [5.41, 5.74) is 7.70. The van der Waals surface area contributed by atoms with Gasteiger partial charge in [-0.2, -0.15) is 0 Å². The second-order valence-corrected chi connectivity index (χ2v) is 5.71. The van der Waals surface area contributed by atoms with E-state index in [1.54, 1.807) is 0 Å².